The third kappa shape index (κ3) is 4.79. The molecule has 10 aromatic rings. The van der Waals surface area contributed by atoms with Crippen molar-refractivity contribution in [1.82, 2.24) is 15.0 Å². The van der Waals surface area contributed by atoms with Gasteiger partial charge in [0.25, 0.3) is 0 Å². The van der Waals surface area contributed by atoms with E-state index in [2.05, 4.69) is 127 Å². The highest BCUT2D eigenvalue weighted by Crippen LogP contribution is 2.41. The summed E-state index contributed by atoms with van der Waals surface area (Å²) in [6.45, 7) is 0. The average Bonchev–Trinajstić information content (AvgIpc) is 3.77. The Morgan fingerprint density at radius 3 is 1.64 bits per heavy atom. The van der Waals surface area contributed by atoms with Crippen molar-refractivity contribution in [2.45, 2.75) is 0 Å². The predicted octanol–water partition coefficient (Wildman–Crippen LogP) is 12.5. The van der Waals surface area contributed by atoms with Crippen molar-refractivity contribution in [3.8, 4) is 56.4 Å². The first-order chi connectivity index (χ1) is 24.8. The third-order valence-electron chi connectivity index (χ3n) is 9.39. The van der Waals surface area contributed by atoms with E-state index in [9.17, 15) is 0 Å². The molecular formula is C45H27N3OS. The largest absolute Gasteiger partial charge is 0.456 e. The zero-order valence-electron chi connectivity index (χ0n) is 26.7. The molecule has 0 saturated heterocycles. The molecule has 50 heavy (non-hydrogen) atoms. The van der Waals surface area contributed by atoms with Crippen LogP contribution in [0.4, 0.5) is 0 Å². The topological polar surface area (TPSA) is 51.8 Å². The number of furan rings is 1. The fourth-order valence-electron chi connectivity index (χ4n) is 6.93. The average molecular weight is 658 g/mol. The minimum Gasteiger partial charge on any atom is -0.456 e. The second kappa shape index (κ2) is 11.6. The van der Waals surface area contributed by atoms with Crippen LogP contribution in [0, 0.1) is 0 Å². The van der Waals surface area contributed by atoms with Gasteiger partial charge in [-0.25, -0.2) is 15.0 Å². The number of thiophene rings is 1. The number of hydrogen-bond donors (Lipinski definition) is 0. The van der Waals surface area contributed by atoms with Crippen molar-refractivity contribution in [3.63, 3.8) is 0 Å². The summed E-state index contributed by atoms with van der Waals surface area (Å²) in [6, 6.07) is 56.9. The summed E-state index contributed by atoms with van der Waals surface area (Å²) in [4.78, 5) is 15.5. The van der Waals surface area contributed by atoms with Crippen LogP contribution in [-0.4, -0.2) is 15.0 Å². The molecule has 3 heterocycles. The van der Waals surface area contributed by atoms with Gasteiger partial charge < -0.3 is 4.42 Å². The van der Waals surface area contributed by atoms with E-state index >= 15 is 0 Å². The van der Waals surface area contributed by atoms with Gasteiger partial charge in [0.2, 0.25) is 0 Å². The van der Waals surface area contributed by atoms with E-state index in [1.807, 2.05) is 36.4 Å². The molecule has 0 aliphatic rings. The van der Waals surface area contributed by atoms with Crippen LogP contribution in [0.25, 0.3) is 98.5 Å². The molecule has 0 spiro atoms. The lowest BCUT2D eigenvalue weighted by molar-refractivity contribution is 0.669. The lowest BCUT2D eigenvalue weighted by Crippen LogP contribution is -2.00. The Bertz CT molecular complexity index is 2850. The van der Waals surface area contributed by atoms with Crippen LogP contribution in [0.3, 0.4) is 0 Å². The van der Waals surface area contributed by atoms with Crippen molar-refractivity contribution in [3.05, 3.63) is 164 Å². The molecule has 0 atom stereocenters. The van der Waals surface area contributed by atoms with E-state index in [4.69, 9.17) is 19.4 Å². The molecule has 234 valence electrons. The van der Waals surface area contributed by atoms with Crippen molar-refractivity contribution in [1.29, 1.82) is 0 Å². The summed E-state index contributed by atoms with van der Waals surface area (Å²) in [5, 5.41) is 4.49. The number of aromatic nitrogens is 3. The van der Waals surface area contributed by atoms with E-state index < -0.39 is 0 Å². The third-order valence-corrected chi connectivity index (χ3v) is 10.6. The van der Waals surface area contributed by atoms with E-state index in [0.717, 1.165) is 54.5 Å². The lowest BCUT2D eigenvalue weighted by Gasteiger charge is -2.10. The summed E-state index contributed by atoms with van der Waals surface area (Å²) in [5.41, 5.74) is 9.17. The molecule has 5 heteroatoms. The summed E-state index contributed by atoms with van der Waals surface area (Å²) in [6.07, 6.45) is 0. The molecule has 0 aliphatic carbocycles. The number of hydrogen-bond acceptors (Lipinski definition) is 5. The van der Waals surface area contributed by atoms with Crippen LogP contribution in [0.2, 0.25) is 0 Å². The molecule has 0 radical (unpaired) electrons. The minimum atomic E-state index is 0.612. The highest BCUT2D eigenvalue weighted by Gasteiger charge is 2.19. The number of para-hydroxylation sites is 1. The Kier molecular flexibility index (Phi) is 6.64. The fraction of sp³-hybridized carbons (Fsp3) is 0. The smallest absolute Gasteiger partial charge is 0.165 e. The lowest BCUT2D eigenvalue weighted by atomic mass is 9.99. The van der Waals surface area contributed by atoms with Crippen molar-refractivity contribution in [2.75, 3.05) is 0 Å². The van der Waals surface area contributed by atoms with Gasteiger partial charge in [0, 0.05) is 47.6 Å². The van der Waals surface area contributed by atoms with Gasteiger partial charge in [0.1, 0.15) is 11.2 Å². The zero-order valence-corrected chi connectivity index (χ0v) is 27.6. The molecule has 3 aromatic heterocycles. The number of nitrogens with zero attached hydrogens (tertiary/aromatic N) is 3. The summed E-state index contributed by atoms with van der Waals surface area (Å²) < 4.78 is 8.66. The summed E-state index contributed by atoms with van der Waals surface area (Å²) in [7, 11) is 0. The molecule has 0 aliphatic heterocycles. The highest BCUT2D eigenvalue weighted by atomic mass is 32.1. The van der Waals surface area contributed by atoms with Crippen molar-refractivity contribution < 1.29 is 4.42 Å². The van der Waals surface area contributed by atoms with Gasteiger partial charge in [-0.05, 0) is 46.5 Å². The Hall–Kier alpha value is -6.43. The van der Waals surface area contributed by atoms with Gasteiger partial charge in [-0.2, -0.15) is 0 Å². The molecule has 0 N–H and O–H groups in total. The second-order valence-electron chi connectivity index (χ2n) is 12.4. The molecule has 0 saturated carbocycles. The maximum atomic E-state index is 6.25. The summed E-state index contributed by atoms with van der Waals surface area (Å²) in [5.74, 6) is 1.88. The monoisotopic (exact) mass is 657 g/mol. The van der Waals surface area contributed by atoms with E-state index in [0.29, 0.717) is 17.5 Å². The van der Waals surface area contributed by atoms with Crippen molar-refractivity contribution >= 4 is 53.4 Å². The molecule has 0 amide bonds. The normalized spacial score (nSPS) is 11.6. The first-order valence-electron chi connectivity index (χ1n) is 16.6. The molecule has 0 unspecified atom stereocenters. The van der Waals surface area contributed by atoms with Crippen LogP contribution < -0.4 is 0 Å². The Morgan fingerprint density at radius 1 is 0.360 bits per heavy atom. The van der Waals surface area contributed by atoms with Crippen LogP contribution in [0.15, 0.2) is 168 Å². The molecule has 7 aromatic carbocycles. The maximum absolute atomic E-state index is 6.25. The number of rotatable bonds is 5. The van der Waals surface area contributed by atoms with Crippen LogP contribution >= 0.6 is 11.3 Å². The summed E-state index contributed by atoms with van der Waals surface area (Å²) >= 11 is 1.78. The molecule has 10 rings (SSSR count). The molecule has 4 nitrogen and oxygen atoms in total. The number of fused-ring (bicyclic) bond motifs is 6. The van der Waals surface area contributed by atoms with Gasteiger partial charge in [-0.15, -0.1) is 11.3 Å². The van der Waals surface area contributed by atoms with Gasteiger partial charge in [-0.1, -0.05) is 140 Å². The van der Waals surface area contributed by atoms with E-state index in [1.54, 1.807) is 11.3 Å². The Morgan fingerprint density at radius 2 is 0.880 bits per heavy atom. The molecule has 0 fully saturated rings. The quantitative estimate of drug-likeness (QED) is 0.185. The standard InChI is InChI=1S/C45H27N3OS/c1-2-10-28(11-3-1)29-20-22-30(23-21-29)31-24-26-32(27-25-31)43-46-44(36-15-9-18-39-41(36)35-13-4-6-17-38(35)49-39)48-45(47-43)37-16-8-14-34-33-12-5-7-19-40(33)50-42(34)37/h1-27H. The van der Waals surface area contributed by atoms with Gasteiger partial charge in [-0.3, -0.25) is 0 Å². The van der Waals surface area contributed by atoms with Crippen LogP contribution in [-0.2, 0) is 0 Å². The van der Waals surface area contributed by atoms with E-state index in [-0.39, 0.29) is 0 Å². The van der Waals surface area contributed by atoms with Crippen LogP contribution in [0.1, 0.15) is 0 Å². The maximum Gasteiger partial charge on any atom is 0.165 e. The Labute approximate surface area is 292 Å². The van der Waals surface area contributed by atoms with Crippen molar-refractivity contribution in [2.24, 2.45) is 0 Å². The SMILES string of the molecule is c1ccc(-c2ccc(-c3ccc(-c4nc(-c5cccc6c5sc5ccccc56)nc(-c5cccc6oc7ccccc7c56)n4)cc3)cc2)cc1. The van der Waals surface area contributed by atoms with Crippen LogP contribution in [0.5, 0.6) is 0 Å². The fourth-order valence-corrected chi connectivity index (χ4v) is 8.14. The second-order valence-corrected chi connectivity index (χ2v) is 13.4. The number of benzene rings is 7. The Balaban J connectivity index is 1.13. The predicted molar refractivity (Wildman–Crippen MR) is 207 cm³/mol. The van der Waals surface area contributed by atoms with Gasteiger partial charge in [0.15, 0.2) is 17.5 Å². The van der Waals surface area contributed by atoms with E-state index in [1.165, 1.54) is 26.6 Å². The molecular weight excluding hydrogens is 631 g/mol. The molecule has 0 bridgehead atoms. The first-order valence-corrected chi connectivity index (χ1v) is 17.4. The minimum absolute atomic E-state index is 0.612. The first kappa shape index (κ1) is 28.6. The zero-order chi connectivity index (χ0) is 33.0. The van der Waals surface area contributed by atoms with Gasteiger partial charge in [0.05, 0.1) is 0 Å². The highest BCUT2D eigenvalue weighted by molar-refractivity contribution is 7.26. The van der Waals surface area contributed by atoms with Gasteiger partial charge >= 0.3 is 0 Å².